The second kappa shape index (κ2) is 6.24. The summed E-state index contributed by atoms with van der Waals surface area (Å²) in [6.07, 6.45) is 0.364. The van der Waals surface area contributed by atoms with E-state index in [2.05, 4.69) is 15.9 Å². The molecule has 0 aliphatic carbocycles. The van der Waals surface area contributed by atoms with E-state index in [1.54, 1.807) is 6.92 Å². The second-order valence-corrected chi connectivity index (χ2v) is 4.85. The van der Waals surface area contributed by atoms with Gasteiger partial charge in [-0.05, 0) is 41.5 Å². The Morgan fingerprint density at radius 3 is 2.61 bits per heavy atom. The van der Waals surface area contributed by atoms with Crippen LogP contribution in [0.5, 0.6) is 0 Å². The lowest BCUT2D eigenvalue weighted by Gasteiger charge is -2.24. The van der Waals surface area contributed by atoms with E-state index >= 15 is 0 Å². The lowest BCUT2D eigenvalue weighted by atomic mass is 10.1. The molecule has 0 radical (unpaired) electrons. The van der Waals surface area contributed by atoms with Crippen LogP contribution in [0.4, 0.5) is 8.78 Å². The van der Waals surface area contributed by atoms with Gasteiger partial charge in [0.05, 0.1) is 4.47 Å². The predicted octanol–water partition coefficient (Wildman–Crippen LogP) is 3.02. The van der Waals surface area contributed by atoms with Crippen molar-refractivity contribution in [2.45, 2.75) is 25.9 Å². The molecule has 0 saturated heterocycles. The zero-order valence-corrected chi connectivity index (χ0v) is 11.7. The average Bonchev–Trinajstić information content (AvgIpc) is 2.30. The standard InChI is InChI=1S/C12H14BrF2NO2/c1-3-10(12(17)18)16(2)6-7-9(14)5-4-8(13)11(7)15/h4-5,10H,3,6H2,1-2H3,(H,17,18). The summed E-state index contributed by atoms with van der Waals surface area (Å²) in [4.78, 5) is 12.4. The van der Waals surface area contributed by atoms with Crippen LogP contribution in [0.15, 0.2) is 16.6 Å². The van der Waals surface area contributed by atoms with Crippen molar-refractivity contribution in [3.8, 4) is 0 Å². The first-order chi connectivity index (χ1) is 8.38. The Hall–Kier alpha value is -1.01. The third kappa shape index (κ3) is 3.26. The second-order valence-electron chi connectivity index (χ2n) is 4.00. The number of hydrogen-bond acceptors (Lipinski definition) is 2. The van der Waals surface area contributed by atoms with Crippen molar-refractivity contribution >= 4 is 21.9 Å². The van der Waals surface area contributed by atoms with Gasteiger partial charge >= 0.3 is 5.97 Å². The molecule has 0 heterocycles. The first kappa shape index (κ1) is 15.0. The van der Waals surface area contributed by atoms with E-state index in [1.165, 1.54) is 18.0 Å². The Morgan fingerprint density at radius 1 is 1.50 bits per heavy atom. The van der Waals surface area contributed by atoms with Crippen LogP contribution in [0.3, 0.4) is 0 Å². The van der Waals surface area contributed by atoms with Crippen LogP contribution in [0.2, 0.25) is 0 Å². The van der Waals surface area contributed by atoms with Crippen molar-refractivity contribution < 1.29 is 18.7 Å². The minimum atomic E-state index is -1.00. The molecule has 6 heteroatoms. The summed E-state index contributed by atoms with van der Waals surface area (Å²) in [5.41, 5.74) is -0.133. The molecule has 0 fully saturated rings. The molecule has 0 aliphatic heterocycles. The summed E-state index contributed by atoms with van der Waals surface area (Å²) in [6, 6.07) is 1.67. The molecule has 1 rings (SSSR count). The minimum Gasteiger partial charge on any atom is -0.480 e. The molecule has 1 atom stereocenters. The highest BCUT2D eigenvalue weighted by atomic mass is 79.9. The Labute approximate surface area is 113 Å². The predicted molar refractivity (Wildman–Crippen MR) is 67.2 cm³/mol. The van der Waals surface area contributed by atoms with Crippen molar-refractivity contribution in [1.29, 1.82) is 0 Å². The van der Waals surface area contributed by atoms with Crippen molar-refractivity contribution in [3.05, 3.63) is 33.8 Å². The fourth-order valence-corrected chi connectivity index (χ4v) is 2.12. The van der Waals surface area contributed by atoms with Crippen LogP contribution < -0.4 is 0 Å². The summed E-state index contributed by atoms with van der Waals surface area (Å²) in [6.45, 7) is 1.62. The maximum atomic E-state index is 13.7. The fourth-order valence-electron chi connectivity index (χ4n) is 1.75. The molecule has 100 valence electrons. The van der Waals surface area contributed by atoms with Gasteiger partial charge in [-0.3, -0.25) is 9.69 Å². The van der Waals surface area contributed by atoms with Gasteiger partial charge in [0.2, 0.25) is 0 Å². The largest absolute Gasteiger partial charge is 0.480 e. The quantitative estimate of drug-likeness (QED) is 0.847. The number of carbonyl (C=O) groups is 1. The van der Waals surface area contributed by atoms with Crippen molar-refractivity contribution in [2.24, 2.45) is 0 Å². The summed E-state index contributed by atoms with van der Waals surface area (Å²) in [5, 5.41) is 8.98. The molecule has 0 aromatic heterocycles. The van der Waals surface area contributed by atoms with E-state index in [4.69, 9.17) is 5.11 Å². The van der Waals surface area contributed by atoms with Crippen LogP contribution >= 0.6 is 15.9 Å². The highest BCUT2D eigenvalue weighted by Crippen LogP contribution is 2.23. The number of halogens is 3. The molecule has 1 aromatic rings. The Balaban J connectivity index is 2.97. The van der Waals surface area contributed by atoms with Crippen LogP contribution in [0.25, 0.3) is 0 Å². The van der Waals surface area contributed by atoms with Gasteiger partial charge in [0.15, 0.2) is 0 Å². The smallest absolute Gasteiger partial charge is 0.320 e. The maximum Gasteiger partial charge on any atom is 0.320 e. The van der Waals surface area contributed by atoms with E-state index in [0.717, 1.165) is 6.07 Å². The van der Waals surface area contributed by atoms with E-state index in [9.17, 15) is 13.6 Å². The molecule has 0 amide bonds. The molecule has 1 unspecified atom stereocenters. The monoisotopic (exact) mass is 321 g/mol. The number of benzene rings is 1. The van der Waals surface area contributed by atoms with Gasteiger partial charge in [0, 0.05) is 12.1 Å². The van der Waals surface area contributed by atoms with Gasteiger partial charge < -0.3 is 5.11 Å². The summed E-state index contributed by atoms with van der Waals surface area (Å²) in [7, 11) is 1.53. The molecule has 1 N–H and O–H groups in total. The lowest BCUT2D eigenvalue weighted by molar-refractivity contribution is -0.143. The minimum absolute atomic E-state index is 0.0953. The SMILES string of the molecule is CCC(C(=O)O)N(C)Cc1c(F)ccc(Br)c1F. The molecule has 0 bridgehead atoms. The van der Waals surface area contributed by atoms with Gasteiger partial charge in [-0.15, -0.1) is 0 Å². The molecular weight excluding hydrogens is 308 g/mol. The first-order valence-corrected chi connectivity index (χ1v) is 6.23. The van der Waals surface area contributed by atoms with Gasteiger partial charge in [0.25, 0.3) is 0 Å². The molecule has 1 aromatic carbocycles. The number of hydrogen-bond donors (Lipinski definition) is 1. The van der Waals surface area contributed by atoms with Gasteiger partial charge in [-0.1, -0.05) is 6.92 Å². The van der Waals surface area contributed by atoms with Crippen LogP contribution in [0, 0.1) is 11.6 Å². The maximum absolute atomic E-state index is 13.7. The zero-order valence-electron chi connectivity index (χ0n) is 10.1. The zero-order chi connectivity index (χ0) is 13.9. The Morgan fingerprint density at radius 2 is 2.11 bits per heavy atom. The van der Waals surface area contributed by atoms with Crippen LogP contribution in [-0.2, 0) is 11.3 Å². The number of nitrogens with zero attached hydrogens (tertiary/aromatic N) is 1. The molecule has 18 heavy (non-hydrogen) atoms. The molecular formula is C12H14BrF2NO2. The van der Waals surface area contributed by atoms with E-state index in [-0.39, 0.29) is 16.6 Å². The summed E-state index contributed by atoms with van der Waals surface area (Å²) < 4.78 is 27.4. The molecule has 0 saturated carbocycles. The van der Waals surface area contributed by atoms with Crippen LogP contribution in [0.1, 0.15) is 18.9 Å². The van der Waals surface area contributed by atoms with E-state index in [1.807, 2.05) is 0 Å². The topological polar surface area (TPSA) is 40.5 Å². The summed E-state index contributed by atoms with van der Waals surface area (Å²) in [5.74, 6) is -2.37. The van der Waals surface area contributed by atoms with Gasteiger partial charge in [-0.2, -0.15) is 0 Å². The third-order valence-corrected chi connectivity index (χ3v) is 3.36. The van der Waals surface area contributed by atoms with Crippen LogP contribution in [-0.4, -0.2) is 29.1 Å². The molecule has 3 nitrogen and oxygen atoms in total. The molecule has 0 aliphatic rings. The van der Waals surface area contributed by atoms with E-state index in [0.29, 0.717) is 6.42 Å². The highest BCUT2D eigenvalue weighted by molar-refractivity contribution is 9.10. The highest BCUT2D eigenvalue weighted by Gasteiger charge is 2.23. The normalized spacial score (nSPS) is 12.8. The van der Waals surface area contributed by atoms with E-state index < -0.39 is 23.6 Å². The number of rotatable bonds is 5. The molecule has 0 spiro atoms. The summed E-state index contributed by atoms with van der Waals surface area (Å²) >= 11 is 2.98. The van der Waals surface area contributed by atoms with Crippen molar-refractivity contribution in [2.75, 3.05) is 7.05 Å². The fraction of sp³-hybridized carbons (Fsp3) is 0.417. The van der Waals surface area contributed by atoms with Crippen molar-refractivity contribution in [3.63, 3.8) is 0 Å². The van der Waals surface area contributed by atoms with Crippen molar-refractivity contribution in [1.82, 2.24) is 4.90 Å². The third-order valence-electron chi connectivity index (χ3n) is 2.75. The number of aliphatic carboxylic acids is 1. The van der Waals surface area contributed by atoms with Gasteiger partial charge in [-0.25, -0.2) is 8.78 Å². The lowest BCUT2D eigenvalue weighted by Crippen LogP contribution is -2.37. The van der Waals surface area contributed by atoms with Gasteiger partial charge in [0.1, 0.15) is 17.7 Å². The number of carboxylic acids is 1. The Bertz CT molecular complexity index is 454. The average molecular weight is 322 g/mol. The first-order valence-electron chi connectivity index (χ1n) is 5.43. The Kier molecular flexibility index (Phi) is 5.22. The number of carboxylic acid groups (broad SMARTS) is 1. The number of likely N-dealkylation sites (N-methyl/N-ethyl adjacent to an activating group) is 1.